The second kappa shape index (κ2) is 10.8. The molecule has 1 aromatic rings. The van der Waals surface area contributed by atoms with Crippen LogP contribution in [0.3, 0.4) is 0 Å². The lowest BCUT2D eigenvalue weighted by molar-refractivity contribution is -0.134. The third kappa shape index (κ3) is 6.50. The maximum Gasteiger partial charge on any atom is 0.250 e. The molecule has 2 rings (SSSR count). The normalized spacial score (nSPS) is 17.3. The number of benzene rings is 1. The first-order chi connectivity index (χ1) is 9.66. The summed E-state index contributed by atoms with van der Waals surface area (Å²) in [5, 5.41) is 6.12. The minimum absolute atomic E-state index is 0. The van der Waals surface area contributed by atoms with E-state index in [1.807, 2.05) is 26.2 Å². The smallest absolute Gasteiger partial charge is 0.250 e. The van der Waals surface area contributed by atoms with E-state index in [1.54, 1.807) is 0 Å². The van der Waals surface area contributed by atoms with E-state index in [1.165, 1.54) is 5.56 Å². The van der Waals surface area contributed by atoms with Gasteiger partial charge >= 0.3 is 0 Å². The molecule has 2 N–H and O–H groups in total. The minimum atomic E-state index is -0.371. The van der Waals surface area contributed by atoms with Crippen LogP contribution in [-0.4, -0.2) is 50.7 Å². The first-order valence-electron chi connectivity index (χ1n) is 6.98. The molecule has 1 amide bonds. The minimum Gasteiger partial charge on any atom is -0.366 e. The van der Waals surface area contributed by atoms with Crippen LogP contribution in [0.1, 0.15) is 11.1 Å². The number of amides is 1. The van der Waals surface area contributed by atoms with E-state index >= 15 is 0 Å². The summed E-state index contributed by atoms with van der Waals surface area (Å²) < 4.78 is 5.44. The van der Waals surface area contributed by atoms with E-state index in [4.69, 9.17) is 4.74 Å². The number of hydrogen-bond acceptors (Lipinski definition) is 4. The summed E-state index contributed by atoms with van der Waals surface area (Å²) in [6.07, 6.45) is -0.371. The number of carbonyl (C=O) groups excluding carboxylic acids is 1. The number of ether oxygens (including phenoxy) is 1. The van der Waals surface area contributed by atoms with Gasteiger partial charge in [-0.15, -0.1) is 24.8 Å². The van der Waals surface area contributed by atoms with Gasteiger partial charge in [0.2, 0.25) is 0 Å². The van der Waals surface area contributed by atoms with Gasteiger partial charge in [-0.3, -0.25) is 4.79 Å². The first kappa shape index (κ1) is 21.1. The molecule has 1 aromatic carbocycles. The second-order valence-electron chi connectivity index (χ2n) is 5.29. The Kier molecular flexibility index (Phi) is 10.4. The largest absolute Gasteiger partial charge is 0.366 e. The van der Waals surface area contributed by atoms with Crippen molar-refractivity contribution in [1.29, 1.82) is 0 Å². The fraction of sp³-hybridized carbons (Fsp3) is 0.533. The lowest BCUT2D eigenvalue weighted by Gasteiger charge is -2.23. The summed E-state index contributed by atoms with van der Waals surface area (Å²) in [6, 6.07) is 8.18. The molecule has 0 bridgehead atoms. The molecule has 0 spiro atoms. The molecule has 0 aromatic heterocycles. The average Bonchev–Trinajstić information content (AvgIpc) is 2.46. The number of rotatable bonds is 5. The Morgan fingerprint density at radius 2 is 2.00 bits per heavy atom. The fourth-order valence-corrected chi connectivity index (χ4v) is 2.25. The van der Waals surface area contributed by atoms with Crippen molar-refractivity contribution >= 4 is 30.7 Å². The Morgan fingerprint density at radius 1 is 1.32 bits per heavy atom. The van der Waals surface area contributed by atoms with E-state index in [9.17, 15) is 4.79 Å². The van der Waals surface area contributed by atoms with E-state index in [2.05, 4.69) is 27.7 Å². The van der Waals surface area contributed by atoms with Crippen LogP contribution >= 0.6 is 24.8 Å². The van der Waals surface area contributed by atoms with Crippen molar-refractivity contribution in [3.8, 4) is 0 Å². The molecule has 7 heteroatoms. The van der Waals surface area contributed by atoms with Crippen LogP contribution in [0.4, 0.5) is 0 Å². The van der Waals surface area contributed by atoms with Gasteiger partial charge in [0.05, 0.1) is 6.61 Å². The van der Waals surface area contributed by atoms with Gasteiger partial charge in [-0.2, -0.15) is 0 Å². The molecule has 1 saturated heterocycles. The summed E-state index contributed by atoms with van der Waals surface area (Å²) in [7, 11) is 4.08. The predicted molar refractivity (Wildman–Crippen MR) is 92.8 cm³/mol. The van der Waals surface area contributed by atoms with Crippen molar-refractivity contribution in [1.82, 2.24) is 15.5 Å². The number of hydrogen-bond donors (Lipinski definition) is 2. The van der Waals surface area contributed by atoms with Crippen molar-refractivity contribution < 1.29 is 9.53 Å². The van der Waals surface area contributed by atoms with Crippen molar-refractivity contribution in [3.05, 3.63) is 35.4 Å². The van der Waals surface area contributed by atoms with Crippen molar-refractivity contribution in [2.24, 2.45) is 0 Å². The molecule has 1 atom stereocenters. The molecule has 0 aliphatic carbocycles. The maximum absolute atomic E-state index is 12.0. The molecular weight excluding hydrogens is 325 g/mol. The topological polar surface area (TPSA) is 53.6 Å². The van der Waals surface area contributed by atoms with Crippen LogP contribution in [0, 0.1) is 0 Å². The number of carbonyl (C=O) groups is 1. The summed E-state index contributed by atoms with van der Waals surface area (Å²) in [5.74, 6) is -0.0446. The highest BCUT2D eigenvalue weighted by atomic mass is 35.5. The number of nitrogens with zero attached hydrogens (tertiary/aromatic N) is 1. The highest BCUT2D eigenvalue weighted by Crippen LogP contribution is 2.10. The molecule has 5 nitrogen and oxygen atoms in total. The standard InChI is InChI=1S/C15H23N3O2.2ClH/c1-18(2)11-13-6-4-3-5-12(13)9-17-15(19)14-10-16-7-8-20-14;;/h3-6,14,16H,7-11H2,1-2H3,(H,17,19);2*1H. The first-order valence-corrected chi connectivity index (χ1v) is 6.98. The summed E-state index contributed by atoms with van der Waals surface area (Å²) in [5.41, 5.74) is 2.39. The lowest BCUT2D eigenvalue weighted by Crippen LogP contribution is -2.47. The van der Waals surface area contributed by atoms with Crippen LogP contribution in [-0.2, 0) is 22.6 Å². The Hall–Kier alpha value is -0.850. The molecule has 126 valence electrons. The Morgan fingerprint density at radius 3 is 2.59 bits per heavy atom. The Bertz CT molecular complexity index is 452. The lowest BCUT2D eigenvalue weighted by atomic mass is 10.1. The van der Waals surface area contributed by atoms with Gasteiger partial charge in [0.15, 0.2) is 0 Å². The van der Waals surface area contributed by atoms with Crippen molar-refractivity contribution in [3.63, 3.8) is 0 Å². The van der Waals surface area contributed by atoms with Gasteiger partial charge in [0.25, 0.3) is 5.91 Å². The quantitative estimate of drug-likeness (QED) is 0.838. The zero-order valence-corrected chi connectivity index (χ0v) is 14.6. The van der Waals surface area contributed by atoms with Crippen LogP contribution in [0.2, 0.25) is 0 Å². The van der Waals surface area contributed by atoms with Gasteiger partial charge in [-0.25, -0.2) is 0 Å². The zero-order valence-electron chi connectivity index (χ0n) is 13.0. The van der Waals surface area contributed by atoms with Crippen molar-refractivity contribution in [2.75, 3.05) is 33.8 Å². The highest BCUT2D eigenvalue weighted by molar-refractivity contribution is 5.85. The number of morpholine rings is 1. The van der Waals surface area contributed by atoms with E-state index in [-0.39, 0.29) is 36.8 Å². The molecule has 1 aliphatic heterocycles. The average molecular weight is 350 g/mol. The van der Waals surface area contributed by atoms with Crippen LogP contribution < -0.4 is 10.6 Å². The van der Waals surface area contributed by atoms with Gasteiger partial charge in [-0.05, 0) is 25.2 Å². The van der Waals surface area contributed by atoms with Crippen LogP contribution in [0.5, 0.6) is 0 Å². The zero-order chi connectivity index (χ0) is 14.4. The van der Waals surface area contributed by atoms with E-state index in [0.29, 0.717) is 19.7 Å². The molecule has 0 radical (unpaired) electrons. The summed E-state index contributed by atoms with van der Waals surface area (Å²) in [6.45, 7) is 3.41. The molecule has 1 heterocycles. The maximum atomic E-state index is 12.0. The van der Waals surface area contributed by atoms with Gasteiger partial charge in [-0.1, -0.05) is 24.3 Å². The number of halogens is 2. The third-order valence-corrected chi connectivity index (χ3v) is 3.28. The fourth-order valence-electron chi connectivity index (χ4n) is 2.25. The predicted octanol–water partition coefficient (Wildman–Crippen LogP) is 1.20. The van der Waals surface area contributed by atoms with Gasteiger partial charge in [0.1, 0.15) is 6.10 Å². The van der Waals surface area contributed by atoms with Gasteiger partial charge < -0.3 is 20.3 Å². The third-order valence-electron chi connectivity index (χ3n) is 3.28. The molecule has 22 heavy (non-hydrogen) atoms. The van der Waals surface area contributed by atoms with Crippen LogP contribution in [0.25, 0.3) is 0 Å². The van der Waals surface area contributed by atoms with Crippen molar-refractivity contribution in [2.45, 2.75) is 19.2 Å². The second-order valence-corrected chi connectivity index (χ2v) is 5.29. The monoisotopic (exact) mass is 349 g/mol. The van der Waals surface area contributed by atoms with E-state index < -0.39 is 0 Å². The Labute approximate surface area is 144 Å². The number of nitrogens with one attached hydrogen (secondary N) is 2. The molecule has 1 fully saturated rings. The molecule has 1 aliphatic rings. The van der Waals surface area contributed by atoms with Crippen LogP contribution in [0.15, 0.2) is 24.3 Å². The molecule has 0 saturated carbocycles. The highest BCUT2D eigenvalue weighted by Gasteiger charge is 2.21. The van der Waals surface area contributed by atoms with Gasteiger partial charge in [0, 0.05) is 26.2 Å². The Balaban J connectivity index is 0.00000220. The molecular formula is C15H25Cl2N3O2. The molecule has 1 unspecified atom stereocenters. The summed E-state index contributed by atoms with van der Waals surface area (Å²) in [4.78, 5) is 14.1. The summed E-state index contributed by atoms with van der Waals surface area (Å²) >= 11 is 0. The van der Waals surface area contributed by atoms with E-state index in [0.717, 1.165) is 18.7 Å². The SMILES string of the molecule is CN(C)Cc1ccccc1CNC(=O)C1CNCCO1.Cl.Cl.